The zero-order valence-corrected chi connectivity index (χ0v) is 18.0. The topological polar surface area (TPSA) is 73.8 Å². The van der Waals surface area contributed by atoms with Gasteiger partial charge in [-0.25, -0.2) is 9.37 Å². The van der Waals surface area contributed by atoms with Crippen LogP contribution in [-0.4, -0.2) is 19.7 Å². The van der Waals surface area contributed by atoms with Crippen LogP contribution in [0.5, 0.6) is 0 Å². The number of fused-ring (bicyclic) bond motifs is 1. The smallest absolute Gasteiger partial charge is 0.266 e. The van der Waals surface area contributed by atoms with E-state index < -0.39 is 5.82 Å². The van der Waals surface area contributed by atoms with Crippen molar-refractivity contribution in [2.24, 2.45) is 0 Å². The van der Waals surface area contributed by atoms with Crippen molar-refractivity contribution in [3.05, 3.63) is 99.9 Å². The molecule has 0 fully saturated rings. The minimum absolute atomic E-state index is 0.0806. The number of halogens is 2. The highest BCUT2D eigenvalue weighted by molar-refractivity contribution is 7.98. The first kappa shape index (κ1) is 20.4. The number of para-hydroxylation sites is 1. The van der Waals surface area contributed by atoms with Gasteiger partial charge in [0, 0.05) is 5.56 Å². The molecule has 0 unspecified atom stereocenters. The molecular formula is C23H14ClFN4O2S. The molecular weight excluding hydrogens is 451 g/mol. The Morgan fingerprint density at radius 2 is 1.78 bits per heavy atom. The van der Waals surface area contributed by atoms with Crippen molar-refractivity contribution in [1.29, 1.82) is 0 Å². The molecule has 0 bridgehead atoms. The average Bonchev–Trinajstić information content (AvgIpc) is 3.30. The molecule has 0 spiro atoms. The first-order valence-electron chi connectivity index (χ1n) is 9.58. The van der Waals surface area contributed by atoms with Gasteiger partial charge in [-0.2, -0.15) is 4.98 Å². The molecule has 0 amide bonds. The summed E-state index contributed by atoms with van der Waals surface area (Å²) in [4.78, 5) is 22.3. The summed E-state index contributed by atoms with van der Waals surface area (Å²) in [6.45, 7) is 0. The third kappa shape index (κ3) is 3.90. The molecule has 158 valence electrons. The molecule has 5 aromatic rings. The highest BCUT2D eigenvalue weighted by atomic mass is 35.5. The van der Waals surface area contributed by atoms with Crippen molar-refractivity contribution in [3.63, 3.8) is 0 Å². The average molecular weight is 465 g/mol. The zero-order valence-electron chi connectivity index (χ0n) is 16.4. The van der Waals surface area contributed by atoms with Crippen molar-refractivity contribution in [2.45, 2.75) is 10.9 Å². The van der Waals surface area contributed by atoms with Crippen molar-refractivity contribution in [1.82, 2.24) is 19.7 Å². The maximum absolute atomic E-state index is 13.7. The molecule has 0 N–H and O–H groups in total. The second-order valence-electron chi connectivity index (χ2n) is 6.82. The summed E-state index contributed by atoms with van der Waals surface area (Å²) >= 11 is 7.23. The number of nitrogens with zero attached hydrogens (tertiary/aromatic N) is 4. The van der Waals surface area contributed by atoms with Crippen molar-refractivity contribution < 1.29 is 8.91 Å². The summed E-state index contributed by atoms with van der Waals surface area (Å²) in [6.07, 6.45) is 0. The Bertz CT molecular complexity index is 1490. The Morgan fingerprint density at radius 3 is 2.59 bits per heavy atom. The van der Waals surface area contributed by atoms with Crippen LogP contribution < -0.4 is 5.56 Å². The van der Waals surface area contributed by atoms with Crippen molar-refractivity contribution in [2.75, 3.05) is 0 Å². The van der Waals surface area contributed by atoms with Gasteiger partial charge in [0.25, 0.3) is 5.56 Å². The number of hydrogen-bond donors (Lipinski definition) is 0. The van der Waals surface area contributed by atoms with E-state index in [4.69, 9.17) is 16.1 Å². The number of thioether (sulfide) groups is 1. The van der Waals surface area contributed by atoms with E-state index in [0.717, 1.165) is 5.56 Å². The Hall–Kier alpha value is -3.49. The monoisotopic (exact) mass is 464 g/mol. The lowest BCUT2D eigenvalue weighted by molar-refractivity contribution is 0.391. The SMILES string of the molecule is O=c1c2ccccc2nc(SCc2nc(-c3ccccc3)no2)n1-c1ccc(F)c(Cl)c1. The van der Waals surface area contributed by atoms with Gasteiger partial charge in [0.2, 0.25) is 11.7 Å². The highest BCUT2D eigenvalue weighted by Gasteiger charge is 2.16. The molecule has 32 heavy (non-hydrogen) atoms. The molecule has 0 aliphatic carbocycles. The van der Waals surface area contributed by atoms with E-state index >= 15 is 0 Å². The Labute approximate surface area is 190 Å². The molecule has 0 atom stereocenters. The second kappa shape index (κ2) is 8.57. The maximum Gasteiger partial charge on any atom is 0.266 e. The molecule has 0 radical (unpaired) electrons. The predicted molar refractivity (Wildman–Crippen MR) is 122 cm³/mol. The van der Waals surface area contributed by atoms with E-state index in [2.05, 4.69) is 15.1 Å². The van der Waals surface area contributed by atoms with E-state index in [9.17, 15) is 9.18 Å². The summed E-state index contributed by atoms with van der Waals surface area (Å²) in [6, 6.07) is 20.6. The van der Waals surface area contributed by atoms with Crippen LogP contribution in [0.1, 0.15) is 5.89 Å². The van der Waals surface area contributed by atoms with E-state index in [1.165, 1.54) is 34.5 Å². The molecule has 0 aliphatic heterocycles. The lowest BCUT2D eigenvalue weighted by Gasteiger charge is -2.13. The van der Waals surface area contributed by atoms with Crippen LogP contribution in [0.2, 0.25) is 5.02 Å². The van der Waals surface area contributed by atoms with Gasteiger partial charge in [-0.15, -0.1) is 0 Å². The van der Waals surface area contributed by atoms with E-state index in [0.29, 0.717) is 39.2 Å². The lowest BCUT2D eigenvalue weighted by atomic mass is 10.2. The maximum atomic E-state index is 13.7. The van der Waals surface area contributed by atoms with Gasteiger partial charge in [0.05, 0.1) is 27.4 Å². The first-order valence-corrected chi connectivity index (χ1v) is 10.9. The van der Waals surface area contributed by atoms with E-state index in [1.54, 1.807) is 18.2 Å². The molecule has 3 aromatic carbocycles. The van der Waals surface area contributed by atoms with Crippen LogP contribution in [0.3, 0.4) is 0 Å². The summed E-state index contributed by atoms with van der Waals surface area (Å²) in [5.74, 6) is 0.598. The fraction of sp³-hybridized carbons (Fsp3) is 0.0435. The molecule has 0 saturated carbocycles. The van der Waals surface area contributed by atoms with Crippen LogP contribution >= 0.6 is 23.4 Å². The number of aromatic nitrogens is 4. The second-order valence-corrected chi connectivity index (χ2v) is 8.17. The van der Waals surface area contributed by atoms with Crippen LogP contribution in [0.15, 0.2) is 87.3 Å². The third-order valence-corrected chi connectivity index (χ3v) is 5.94. The van der Waals surface area contributed by atoms with Crippen LogP contribution in [0.4, 0.5) is 4.39 Å². The molecule has 5 rings (SSSR count). The van der Waals surface area contributed by atoms with E-state index in [-0.39, 0.29) is 10.6 Å². The van der Waals surface area contributed by atoms with Gasteiger partial charge in [0.15, 0.2) is 5.16 Å². The number of rotatable bonds is 5. The van der Waals surface area contributed by atoms with Gasteiger partial charge in [0.1, 0.15) is 5.82 Å². The van der Waals surface area contributed by atoms with Crippen LogP contribution in [-0.2, 0) is 5.75 Å². The molecule has 2 aromatic heterocycles. The standard InChI is InChI=1S/C23H14ClFN4O2S/c24-17-12-15(10-11-18(17)25)29-22(30)16-8-4-5-9-19(16)26-23(29)32-13-20-27-21(28-31-20)14-6-2-1-3-7-14/h1-12H,13H2. The molecule has 2 heterocycles. The Kier molecular flexibility index (Phi) is 5.46. The lowest BCUT2D eigenvalue weighted by Crippen LogP contribution is -2.21. The Balaban J connectivity index is 1.54. The van der Waals surface area contributed by atoms with Gasteiger partial charge in [-0.1, -0.05) is 71.0 Å². The zero-order chi connectivity index (χ0) is 22.1. The quantitative estimate of drug-likeness (QED) is 0.252. The van der Waals surface area contributed by atoms with Crippen LogP contribution in [0, 0.1) is 5.82 Å². The van der Waals surface area contributed by atoms with Crippen molar-refractivity contribution in [3.8, 4) is 17.1 Å². The van der Waals surface area contributed by atoms with Crippen molar-refractivity contribution >= 4 is 34.3 Å². The number of benzene rings is 3. The van der Waals surface area contributed by atoms with E-state index in [1.807, 2.05) is 36.4 Å². The summed E-state index contributed by atoms with van der Waals surface area (Å²) in [5.41, 5.74) is 1.53. The van der Waals surface area contributed by atoms with Gasteiger partial charge in [-0.05, 0) is 30.3 Å². The minimum atomic E-state index is -0.564. The molecule has 9 heteroatoms. The fourth-order valence-corrected chi connectivity index (χ4v) is 4.23. The van der Waals surface area contributed by atoms with Gasteiger partial charge < -0.3 is 4.52 Å². The normalized spacial score (nSPS) is 11.2. The number of hydrogen-bond acceptors (Lipinski definition) is 6. The fourth-order valence-electron chi connectivity index (χ4n) is 3.21. The third-order valence-electron chi connectivity index (χ3n) is 4.73. The largest absolute Gasteiger partial charge is 0.338 e. The molecule has 0 aliphatic rings. The summed E-state index contributed by atoms with van der Waals surface area (Å²) < 4.78 is 20.5. The Morgan fingerprint density at radius 1 is 1.00 bits per heavy atom. The van der Waals surface area contributed by atoms with Gasteiger partial charge >= 0.3 is 0 Å². The summed E-state index contributed by atoms with van der Waals surface area (Å²) in [7, 11) is 0. The highest BCUT2D eigenvalue weighted by Crippen LogP contribution is 2.27. The molecule has 0 saturated heterocycles. The van der Waals surface area contributed by atoms with Gasteiger partial charge in [-0.3, -0.25) is 9.36 Å². The molecule has 6 nitrogen and oxygen atoms in total. The summed E-state index contributed by atoms with van der Waals surface area (Å²) in [5, 5.41) is 4.78. The minimum Gasteiger partial charge on any atom is -0.338 e. The first-order chi connectivity index (χ1) is 15.6. The van der Waals surface area contributed by atoms with Crippen LogP contribution in [0.25, 0.3) is 28.0 Å². The predicted octanol–water partition coefficient (Wildman–Crippen LogP) is 5.52.